The molecule has 17 heavy (non-hydrogen) atoms. The number of benzene rings is 1. The third-order valence-electron chi connectivity index (χ3n) is 4.00. The quantitative estimate of drug-likeness (QED) is 0.841. The highest BCUT2D eigenvalue weighted by molar-refractivity contribution is 5.28. The van der Waals surface area contributed by atoms with Crippen LogP contribution in [-0.4, -0.2) is 18.7 Å². The molecule has 0 unspecified atom stereocenters. The first-order valence-electron chi connectivity index (χ1n) is 6.61. The summed E-state index contributed by atoms with van der Waals surface area (Å²) in [6, 6.07) is 8.34. The lowest BCUT2D eigenvalue weighted by Crippen LogP contribution is -2.42. The Morgan fingerprint density at radius 3 is 2.94 bits per heavy atom. The zero-order chi connectivity index (χ0) is 12.3. The smallest absolute Gasteiger partial charge is 0.0936 e. The second-order valence-electron chi connectivity index (χ2n) is 5.29. The zero-order valence-corrected chi connectivity index (χ0v) is 10.9. The van der Waals surface area contributed by atoms with E-state index in [4.69, 9.17) is 0 Å². The van der Waals surface area contributed by atoms with Crippen molar-refractivity contribution >= 4 is 0 Å². The molecule has 0 saturated heterocycles. The van der Waals surface area contributed by atoms with Crippen molar-refractivity contribution in [2.45, 2.75) is 38.2 Å². The van der Waals surface area contributed by atoms with Crippen LogP contribution in [0.15, 0.2) is 24.3 Å². The standard InChI is InChI=1S/C15H23NO/c1-12-6-5-8-13(10-12)15(17)9-4-3-7-14(15)11-16-2/h5-6,8,10,14,16-17H,3-4,7,9,11H2,1-2H3/t14-,15+/m1/s1. The van der Waals surface area contributed by atoms with Gasteiger partial charge in [0.15, 0.2) is 0 Å². The lowest BCUT2D eigenvalue weighted by molar-refractivity contribution is -0.0530. The van der Waals surface area contributed by atoms with Crippen molar-refractivity contribution < 1.29 is 5.11 Å². The molecule has 94 valence electrons. The summed E-state index contributed by atoms with van der Waals surface area (Å²) in [7, 11) is 1.96. The summed E-state index contributed by atoms with van der Waals surface area (Å²) in [4.78, 5) is 0. The third-order valence-corrected chi connectivity index (χ3v) is 4.00. The van der Waals surface area contributed by atoms with Crippen LogP contribution in [0.2, 0.25) is 0 Å². The summed E-state index contributed by atoms with van der Waals surface area (Å²) >= 11 is 0. The minimum atomic E-state index is -0.632. The predicted octanol–water partition coefficient (Wildman–Crippen LogP) is 2.59. The van der Waals surface area contributed by atoms with Gasteiger partial charge in [-0.05, 0) is 32.4 Å². The molecule has 1 aromatic carbocycles. The number of hydrogen-bond acceptors (Lipinski definition) is 2. The fourth-order valence-corrected chi connectivity index (χ4v) is 3.04. The van der Waals surface area contributed by atoms with Gasteiger partial charge in [-0.3, -0.25) is 0 Å². The van der Waals surface area contributed by atoms with Crippen LogP contribution in [-0.2, 0) is 5.60 Å². The molecule has 0 amide bonds. The van der Waals surface area contributed by atoms with Crippen molar-refractivity contribution in [3.63, 3.8) is 0 Å². The van der Waals surface area contributed by atoms with E-state index in [2.05, 4.69) is 30.4 Å². The molecule has 2 nitrogen and oxygen atoms in total. The molecule has 2 atom stereocenters. The molecule has 1 fully saturated rings. The minimum absolute atomic E-state index is 0.336. The van der Waals surface area contributed by atoms with Crippen LogP contribution in [0.5, 0.6) is 0 Å². The Hall–Kier alpha value is -0.860. The van der Waals surface area contributed by atoms with Gasteiger partial charge in [-0.15, -0.1) is 0 Å². The first kappa shape index (κ1) is 12.6. The van der Waals surface area contributed by atoms with Crippen molar-refractivity contribution in [2.24, 2.45) is 5.92 Å². The Morgan fingerprint density at radius 1 is 1.41 bits per heavy atom. The summed E-state index contributed by atoms with van der Waals surface area (Å²) < 4.78 is 0. The van der Waals surface area contributed by atoms with Crippen LogP contribution >= 0.6 is 0 Å². The first-order chi connectivity index (χ1) is 8.16. The Morgan fingerprint density at radius 2 is 2.24 bits per heavy atom. The van der Waals surface area contributed by atoms with Crippen molar-refractivity contribution in [3.05, 3.63) is 35.4 Å². The van der Waals surface area contributed by atoms with E-state index in [1.54, 1.807) is 0 Å². The summed E-state index contributed by atoms with van der Waals surface area (Å²) in [6.45, 7) is 2.98. The SMILES string of the molecule is CNC[C@H]1CCCC[C@]1(O)c1cccc(C)c1. The Kier molecular flexibility index (Phi) is 3.85. The van der Waals surface area contributed by atoms with Crippen LogP contribution in [0.4, 0.5) is 0 Å². The Bertz CT molecular complexity index is 375. The Balaban J connectivity index is 2.30. The van der Waals surface area contributed by atoms with Crippen molar-refractivity contribution in [1.29, 1.82) is 0 Å². The van der Waals surface area contributed by atoms with Gasteiger partial charge in [-0.2, -0.15) is 0 Å². The highest BCUT2D eigenvalue weighted by Gasteiger charge is 2.39. The molecule has 2 rings (SSSR count). The second kappa shape index (κ2) is 5.19. The monoisotopic (exact) mass is 233 g/mol. The lowest BCUT2D eigenvalue weighted by Gasteiger charge is -2.40. The number of aliphatic hydroxyl groups is 1. The maximum Gasteiger partial charge on any atom is 0.0936 e. The van der Waals surface area contributed by atoms with Gasteiger partial charge in [0, 0.05) is 12.5 Å². The highest BCUT2D eigenvalue weighted by atomic mass is 16.3. The Labute approximate surface area is 104 Å². The van der Waals surface area contributed by atoms with Crippen LogP contribution in [0, 0.1) is 12.8 Å². The zero-order valence-electron chi connectivity index (χ0n) is 10.9. The molecule has 2 heteroatoms. The van der Waals surface area contributed by atoms with Crippen molar-refractivity contribution in [1.82, 2.24) is 5.32 Å². The summed E-state index contributed by atoms with van der Waals surface area (Å²) in [5.74, 6) is 0.336. The molecular formula is C15H23NO. The number of rotatable bonds is 3. The van der Waals surface area contributed by atoms with Crippen LogP contribution in [0.3, 0.4) is 0 Å². The summed E-state index contributed by atoms with van der Waals surface area (Å²) in [5.41, 5.74) is 1.69. The fourth-order valence-electron chi connectivity index (χ4n) is 3.04. The van der Waals surface area contributed by atoms with Gasteiger partial charge in [0.25, 0.3) is 0 Å². The number of hydrogen-bond donors (Lipinski definition) is 2. The molecule has 0 aromatic heterocycles. The molecule has 2 N–H and O–H groups in total. The molecule has 0 spiro atoms. The molecule has 0 bridgehead atoms. The molecule has 0 heterocycles. The van der Waals surface area contributed by atoms with Gasteiger partial charge in [0.05, 0.1) is 5.60 Å². The van der Waals surface area contributed by atoms with E-state index in [0.29, 0.717) is 5.92 Å². The third kappa shape index (κ3) is 2.53. The molecule has 0 radical (unpaired) electrons. The topological polar surface area (TPSA) is 32.3 Å². The van der Waals surface area contributed by atoms with E-state index < -0.39 is 5.60 Å². The van der Waals surface area contributed by atoms with E-state index in [1.807, 2.05) is 13.1 Å². The van der Waals surface area contributed by atoms with E-state index in [-0.39, 0.29) is 0 Å². The van der Waals surface area contributed by atoms with Crippen LogP contribution in [0.1, 0.15) is 36.8 Å². The average Bonchev–Trinajstić information content (AvgIpc) is 2.32. The summed E-state index contributed by atoms with van der Waals surface area (Å²) in [5, 5.41) is 14.2. The van der Waals surface area contributed by atoms with Crippen LogP contribution in [0.25, 0.3) is 0 Å². The van der Waals surface area contributed by atoms with E-state index in [0.717, 1.165) is 31.4 Å². The van der Waals surface area contributed by atoms with Gasteiger partial charge in [-0.25, -0.2) is 0 Å². The maximum absolute atomic E-state index is 11.0. The second-order valence-corrected chi connectivity index (χ2v) is 5.29. The molecule has 1 saturated carbocycles. The first-order valence-corrected chi connectivity index (χ1v) is 6.61. The molecule has 1 aliphatic rings. The van der Waals surface area contributed by atoms with Crippen molar-refractivity contribution in [3.8, 4) is 0 Å². The lowest BCUT2D eigenvalue weighted by atomic mass is 9.71. The normalized spacial score (nSPS) is 29.2. The van der Waals surface area contributed by atoms with E-state index >= 15 is 0 Å². The maximum atomic E-state index is 11.0. The average molecular weight is 233 g/mol. The molecule has 1 aliphatic carbocycles. The predicted molar refractivity (Wildman–Crippen MR) is 71.0 cm³/mol. The minimum Gasteiger partial charge on any atom is -0.385 e. The van der Waals surface area contributed by atoms with E-state index in [1.165, 1.54) is 12.0 Å². The van der Waals surface area contributed by atoms with Crippen molar-refractivity contribution in [2.75, 3.05) is 13.6 Å². The number of aryl methyl sites for hydroxylation is 1. The highest BCUT2D eigenvalue weighted by Crippen LogP contribution is 2.41. The van der Waals surface area contributed by atoms with E-state index in [9.17, 15) is 5.11 Å². The number of nitrogens with one attached hydrogen (secondary N) is 1. The summed E-state index contributed by atoms with van der Waals surface area (Å²) in [6.07, 6.45) is 4.37. The largest absolute Gasteiger partial charge is 0.385 e. The molecule has 0 aliphatic heterocycles. The van der Waals surface area contributed by atoms with Gasteiger partial charge in [-0.1, -0.05) is 42.7 Å². The van der Waals surface area contributed by atoms with Crippen LogP contribution < -0.4 is 5.32 Å². The molecular weight excluding hydrogens is 210 g/mol. The van der Waals surface area contributed by atoms with Gasteiger partial charge in [0.1, 0.15) is 0 Å². The fraction of sp³-hybridized carbons (Fsp3) is 0.600. The molecule has 1 aromatic rings. The van der Waals surface area contributed by atoms with Gasteiger partial charge >= 0.3 is 0 Å². The van der Waals surface area contributed by atoms with Gasteiger partial charge < -0.3 is 10.4 Å². The van der Waals surface area contributed by atoms with Gasteiger partial charge in [0.2, 0.25) is 0 Å².